The van der Waals surface area contributed by atoms with Crippen molar-refractivity contribution >= 4 is 65.7 Å². The third-order valence-corrected chi connectivity index (χ3v) is 7.97. The van der Waals surface area contributed by atoms with Crippen molar-refractivity contribution < 1.29 is 14.3 Å². The van der Waals surface area contributed by atoms with Crippen molar-refractivity contribution in [1.82, 2.24) is 20.2 Å². The highest BCUT2D eigenvalue weighted by molar-refractivity contribution is 7.99. The second-order valence-electron chi connectivity index (χ2n) is 10.2. The Morgan fingerprint density at radius 2 is 1.86 bits per heavy atom. The number of carbonyl (C=O) groups excluding carboxylic acids is 2. The fourth-order valence-electron chi connectivity index (χ4n) is 4.66. The molecular formula is C30H41N7O3S2. The summed E-state index contributed by atoms with van der Waals surface area (Å²) in [5, 5.41) is 8.46. The van der Waals surface area contributed by atoms with Crippen molar-refractivity contribution in [3.63, 3.8) is 0 Å². The highest BCUT2D eigenvalue weighted by atomic mass is 32.2. The van der Waals surface area contributed by atoms with Crippen molar-refractivity contribution in [3.8, 4) is 0 Å². The lowest BCUT2D eigenvalue weighted by Gasteiger charge is -2.27. The first-order chi connectivity index (χ1) is 20.0. The molecule has 0 saturated heterocycles. The molecule has 0 aliphatic heterocycles. The first-order valence-electron chi connectivity index (χ1n) is 13.7. The van der Waals surface area contributed by atoms with Crippen molar-refractivity contribution in [2.45, 2.75) is 38.3 Å². The Balaban J connectivity index is 1.56. The highest BCUT2D eigenvalue weighted by Crippen LogP contribution is 2.31. The Morgan fingerprint density at radius 1 is 1.14 bits per heavy atom. The summed E-state index contributed by atoms with van der Waals surface area (Å²) in [7, 11) is 4.05. The van der Waals surface area contributed by atoms with E-state index in [-0.39, 0.29) is 23.7 Å². The summed E-state index contributed by atoms with van der Waals surface area (Å²) < 4.78 is 5.19. The van der Waals surface area contributed by atoms with Crippen LogP contribution in [0.1, 0.15) is 31.7 Å². The summed E-state index contributed by atoms with van der Waals surface area (Å²) in [4.78, 5) is 36.5. The predicted octanol–water partition coefficient (Wildman–Crippen LogP) is 4.87. The van der Waals surface area contributed by atoms with Gasteiger partial charge in [0.2, 0.25) is 6.41 Å². The number of ether oxygens (including phenoxy) is 1. The molecule has 4 N–H and O–H groups in total. The predicted molar refractivity (Wildman–Crippen MR) is 177 cm³/mol. The molecular weight excluding hydrogens is 571 g/mol. The molecule has 1 unspecified atom stereocenters. The monoisotopic (exact) mass is 611 g/mol. The van der Waals surface area contributed by atoms with Crippen LogP contribution in [0.15, 0.2) is 53.9 Å². The molecule has 2 aromatic carbocycles. The molecule has 0 saturated carbocycles. The lowest BCUT2D eigenvalue weighted by molar-refractivity contribution is -0.117. The van der Waals surface area contributed by atoms with Gasteiger partial charge in [0.15, 0.2) is 0 Å². The van der Waals surface area contributed by atoms with E-state index in [9.17, 15) is 9.59 Å². The van der Waals surface area contributed by atoms with Crippen molar-refractivity contribution in [2.75, 3.05) is 49.7 Å². The molecule has 2 amide bonds. The van der Waals surface area contributed by atoms with E-state index in [0.717, 1.165) is 34.1 Å². The van der Waals surface area contributed by atoms with Gasteiger partial charge in [0.05, 0.1) is 17.7 Å². The molecule has 42 heavy (non-hydrogen) atoms. The smallest absolute Gasteiger partial charge is 0.407 e. The largest absolute Gasteiger partial charge is 0.449 e. The van der Waals surface area contributed by atoms with Gasteiger partial charge >= 0.3 is 6.09 Å². The molecule has 0 aliphatic carbocycles. The number of aromatic nitrogens is 2. The van der Waals surface area contributed by atoms with Gasteiger partial charge in [0.25, 0.3) is 0 Å². The minimum absolute atomic E-state index is 0.102. The Hall–Kier alpha value is -3.64. The lowest BCUT2D eigenvalue weighted by Crippen LogP contribution is -2.30. The number of nitrogens with two attached hydrogens (primary N) is 1. The van der Waals surface area contributed by atoms with Crippen molar-refractivity contribution in [2.24, 2.45) is 5.92 Å². The fraction of sp³-hybridized carbons (Fsp3) is 0.400. The third kappa shape index (κ3) is 8.68. The molecule has 0 aliphatic rings. The van der Waals surface area contributed by atoms with Crippen LogP contribution >= 0.6 is 25.3 Å². The number of aryl methyl sites for hydroxylation is 1. The topological polar surface area (TPSA) is 126 Å². The number of nitrogens with zero attached hydrogens (tertiary/aromatic N) is 4. The Kier molecular flexibility index (Phi) is 12.2. The lowest BCUT2D eigenvalue weighted by atomic mass is 9.97. The maximum Gasteiger partial charge on any atom is 0.407 e. The quantitative estimate of drug-likeness (QED) is 0.0757. The molecule has 10 nitrogen and oxygen atoms in total. The number of nitrogens with one attached hydrogen (secondary N) is 2. The second-order valence-corrected chi connectivity index (χ2v) is 11.7. The van der Waals surface area contributed by atoms with Gasteiger partial charge in [-0.1, -0.05) is 31.2 Å². The van der Waals surface area contributed by atoms with Crippen LogP contribution in [0.5, 0.6) is 0 Å². The van der Waals surface area contributed by atoms with Gasteiger partial charge in [-0.05, 0) is 37.5 Å². The normalized spacial score (nSPS) is 12.5. The molecule has 0 radical (unpaired) electrons. The molecule has 3 rings (SSSR count). The van der Waals surface area contributed by atoms with Crippen LogP contribution < -0.4 is 21.3 Å². The first kappa shape index (κ1) is 32.9. The number of anilines is 3. The van der Waals surface area contributed by atoms with Crippen LogP contribution in [0.2, 0.25) is 0 Å². The van der Waals surface area contributed by atoms with E-state index < -0.39 is 6.09 Å². The van der Waals surface area contributed by atoms with Crippen LogP contribution in [0.25, 0.3) is 10.8 Å². The number of nitrogen functional groups attached to an aromatic ring is 1. The van der Waals surface area contributed by atoms with Gasteiger partial charge in [-0.15, -0.1) is 0 Å². The van der Waals surface area contributed by atoms with Crippen LogP contribution in [0, 0.1) is 12.8 Å². The van der Waals surface area contributed by atoms with Gasteiger partial charge in [0.1, 0.15) is 11.6 Å². The molecule has 1 atom stereocenters. The average Bonchev–Trinajstić information content (AvgIpc) is 2.96. The number of rotatable bonds is 14. The number of alkyl carbamates (subject to hydrolysis) is 1. The molecule has 1 aromatic heterocycles. The first-order valence-corrected chi connectivity index (χ1v) is 14.8. The summed E-state index contributed by atoms with van der Waals surface area (Å²) >= 11 is 8.99. The van der Waals surface area contributed by atoms with E-state index in [1.165, 1.54) is 0 Å². The van der Waals surface area contributed by atoms with Crippen LogP contribution in [0.3, 0.4) is 0 Å². The molecule has 0 bridgehead atoms. The van der Waals surface area contributed by atoms with Gasteiger partial charge in [-0.25, -0.2) is 14.8 Å². The van der Waals surface area contributed by atoms with E-state index in [1.807, 2.05) is 46.1 Å². The van der Waals surface area contributed by atoms with Gasteiger partial charge in [-0.3, -0.25) is 4.79 Å². The summed E-state index contributed by atoms with van der Waals surface area (Å²) in [5.41, 5.74) is 10.4. The summed E-state index contributed by atoms with van der Waals surface area (Å²) in [5.74, 6) is 0.781. The summed E-state index contributed by atoms with van der Waals surface area (Å²) in [6, 6.07) is 12.3. The fourth-order valence-corrected chi connectivity index (χ4v) is 5.02. The zero-order valence-electron chi connectivity index (χ0n) is 24.8. The Bertz CT molecular complexity index is 1410. The zero-order chi connectivity index (χ0) is 30.8. The molecule has 0 fully saturated rings. The summed E-state index contributed by atoms with van der Waals surface area (Å²) in [6.45, 7) is 6.82. The van der Waals surface area contributed by atoms with E-state index in [4.69, 9.17) is 10.5 Å². The Labute approximate surface area is 258 Å². The third-order valence-electron chi connectivity index (χ3n) is 7.07. The molecule has 3 aromatic rings. The number of thiol groups is 2. The standard InChI is InChI=1S/C30H41N7O3S2/c1-19(29(41)42)23(20(2)37(18-38)17-22-16-34-21(3)35-28(22)31)12-15-40-30(39)33-14-13-32-26-10-6-9-25-24(26)8-7-11-27(25)36(4)5/h6-11,16,18-19,29,32,41-42H,12-15,17H2,1-5H3,(H,33,39)(H2,31,34,35). The van der Waals surface area contributed by atoms with Crippen LogP contribution in [-0.2, 0) is 16.1 Å². The minimum Gasteiger partial charge on any atom is -0.449 e. The second kappa shape index (κ2) is 15.5. The number of fused-ring (bicyclic) bond motifs is 1. The molecule has 0 spiro atoms. The van der Waals surface area contributed by atoms with E-state index in [1.54, 1.807) is 18.0 Å². The van der Waals surface area contributed by atoms with Crippen molar-refractivity contribution in [1.29, 1.82) is 0 Å². The summed E-state index contributed by atoms with van der Waals surface area (Å²) in [6.07, 6.45) is 2.25. The average molecular weight is 612 g/mol. The van der Waals surface area contributed by atoms with Gasteiger partial charge in [-0.2, -0.15) is 25.3 Å². The Morgan fingerprint density at radius 3 is 2.52 bits per heavy atom. The van der Waals surface area contributed by atoms with Crippen molar-refractivity contribution in [3.05, 3.63) is 65.3 Å². The SMILES string of the molecule is CC(=C(CCOC(=O)NCCNc1cccc2c(N(C)C)cccc12)C(C)C(S)S)N(C=O)Cc1cnc(C)nc1N. The number of hydrogen-bond donors (Lipinski definition) is 5. The number of benzene rings is 2. The number of allylic oxidation sites excluding steroid dienone is 1. The van der Waals surface area contributed by atoms with Gasteiger partial charge < -0.3 is 30.9 Å². The molecule has 1 heterocycles. The number of carbonyl (C=O) groups is 2. The van der Waals surface area contributed by atoms with E-state index in [2.05, 4.69) is 69.0 Å². The van der Waals surface area contributed by atoms with E-state index >= 15 is 0 Å². The highest BCUT2D eigenvalue weighted by Gasteiger charge is 2.21. The van der Waals surface area contributed by atoms with Crippen LogP contribution in [-0.4, -0.2) is 65.7 Å². The number of amides is 2. The van der Waals surface area contributed by atoms with Gasteiger partial charge in [0, 0.05) is 73.2 Å². The minimum atomic E-state index is -0.514. The zero-order valence-corrected chi connectivity index (χ0v) is 26.6. The number of hydrogen-bond acceptors (Lipinski definition) is 10. The maximum absolute atomic E-state index is 12.4. The maximum atomic E-state index is 12.4. The molecule has 12 heteroatoms. The molecule has 226 valence electrons. The van der Waals surface area contributed by atoms with Crippen LogP contribution in [0.4, 0.5) is 22.0 Å². The van der Waals surface area contributed by atoms with E-state index in [0.29, 0.717) is 42.4 Å².